The van der Waals surface area contributed by atoms with E-state index in [0.29, 0.717) is 18.0 Å². The van der Waals surface area contributed by atoms with Crippen LogP contribution in [-0.2, 0) is 11.2 Å². The Balaban J connectivity index is 1.78. The fourth-order valence-electron chi connectivity index (χ4n) is 1.50. The predicted molar refractivity (Wildman–Crippen MR) is 73.6 cm³/mol. The van der Waals surface area contributed by atoms with Crippen LogP contribution in [0.3, 0.4) is 0 Å². The second kappa shape index (κ2) is 6.70. The molecule has 19 heavy (non-hydrogen) atoms. The first-order valence-electron chi connectivity index (χ1n) is 5.80. The molecule has 1 aromatic heterocycles. The molecule has 6 heteroatoms. The second-order valence-electron chi connectivity index (χ2n) is 3.86. The van der Waals surface area contributed by atoms with Crippen LogP contribution in [0.2, 0.25) is 5.02 Å². The first-order chi connectivity index (χ1) is 9.24. The van der Waals surface area contributed by atoms with Gasteiger partial charge in [-0.2, -0.15) is 5.10 Å². The van der Waals surface area contributed by atoms with Gasteiger partial charge in [0.2, 0.25) is 5.91 Å². The number of aromatic amines is 1. The lowest BCUT2D eigenvalue weighted by Crippen LogP contribution is -2.23. The molecule has 2 aromatic rings. The monoisotopic (exact) mass is 276 g/mol. The lowest BCUT2D eigenvalue weighted by atomic mass is 10.2. The summed E-state index contributed by atoms with van der Waals surface area (Å²) >= 11 is 5.85. The van der Waals surface area contributed by atoms with Crippen LogP contribution in [0.5, 0.6) is 0 Å². The van der Waals surface area contributed by atoms with E-state index in [1.54, 1.807) is 18.2 Å². The van der Waals surface area contributed by atoms with E-state index in [0.717, 1.165) is 11.4 Å². The van der Waals surface area contributed by atoms with Gasteiger partial charge >= 0.3 is 0 Å². The van der Waals surface area contributed by atoms with E-state index in [4.69, 9.17) is 11.6 Å². The number of carbonyl (C=O) groups excluding carboxylic acids is 1. The number of hydrogen-bond donors (Lipinski definition) is 2. The fraction of sp³-hybridized carbons (Fsp3) is 0.154. The summed E-state index contributed by atoms with van der Waals surface area (Å²) in [6, 6.07) is 7.30. The largest absolute Gasteiger partial charge is 0.352 e. The molecule has 2 N–H and O–H groups in total. The molecule has 1 aromatic carbocycles. The molecule has 1 heterocycles. The predicted octanol–water partition coefficient (Wildman–Crippen LogP) is 1.83. The Labute approximate surface area is 115 Å². The number of amides is 1. The topological polar surface area (TPSA) is 70.7 Å². The normalized spacial score (nSPS) is 10.8. The van der Waals surface area contributed by atoms with Crippen molar-refractivity contribution in [2.24, 2.45) is 0 Å². The zero-order valence-electron chi connectivity index (χ0n) is 10.1. The number of nitrogens with zero attached hydrogens (tertiary/aromatic N) is 2. The Morgan fingerprint density at radius 1 is 1.47 bits per heavy atom. The molecule has 0 spiro atoms. The molecule has 0 aliphatic carbocycles. The number of aromatic nitrogens is 3. The highest BCUT2D eigenvalue weighted by Gasteiger charge is 1.98. The first-order valence-corrected chi connectivity index (χ1v) is 6.17. The molecule has 0 aliphatic rings. The number of nitrogens with one attached hydrogen (secondary N) is 2. The number of hydrogen-bond acceptors (Lipinski definition) is 3. The molecule has 0 fully saturated rings. The molecule has 0 saturated carbocycles. The van der Waals surface area contributed by atoms with Crippen molar-refractivity contribution in [1.29, 1.82) is 0 Å². The first kappa shape index (κ1) is 13.3. The summed E-state index contributed by atoms with van der Waals surface area (Å²) in [5.41, 5.74) is 0.887. The minimum atomic E-state index is -0.153. The van der Waals surface area contributed by atoms with Crippen molar-refractivity contribution in [1.82, 2.24) is 20.5 Å². The van der Waals surface area contributed by atoms with Gasteiger partial charge < -0.3 is 5.32 Å². The van der Waals surface area contributed by atoms with Crippen molar-refractivity contribution in [3.63, 3.8) is 0 Å². The van der Waals surface area contributed by atoms with E-state index >= 15 is 0 Å². The van der Waals surface area contributed by atoms with Crippen LogP contribution < -0.4 is 5.32 Å². The quantitative estimate of drug-likeness (QED) is 0.819. The molecule has 1 amide bonds. The van der Waals surface area contributed by atoms with Crippen molar-refractivity contribution >= 4 is 23.6 Å². The number of rotatable bonds is 5. The van der Waals surface area contributed by atoms with E-state index in [2.05, 4.69) is 20.5 Å². The summed E-state index contributed by atoms with van der Waals surface area (Å²) in [4.78, 5) is 15.5. The third kappa shape index (κ3) is 4.56. The van der Waals surface area contributed by atoms with Crippen molar-refractivity contribution in [2.75, 3.05) is 6.54 Å². The van der Waals surface area contributed by atoms with E-state index in [9.17, 15) is 4.79 Å². The number of H-pyrrole nitrogens is 1. The highest BCUT2D eigenvalue weighted by molar-refractivity contribution is 6.30. The van der Waals surface area contributed by atoms with Crippen molar-refractivity contribution in [3.05, 3.63) is 53.1 Å². The Hall–Kier alpha value is -2.14. The molecular formula is C13H13ClN4O. The molecule has 2 rings (SSSR count). The van der Waals surface area contributed by atoms with Gasteiger partial charge in [0.25, 0.3) is 0 Å². The van der Waals surface area contributed by atoms with Gasteiger partial charge in [0, 0.05) is 24.1 Å². The van der Waals surface area contributed by atoms with Crippen molar-refractivity contribution in [3.8, 4) is 0 Å². The van der Waals surface area contributed by atoms with Crippen molar-refractivity contribution < 1.29 is 4.79 Å². The van der Waals surface area contributed by atoms with E-state index in [-0.39, 0.29) is 5.91 Å². The standard InChI is InChI=1S/C13H13ClN4O/c14-11-3-1-2-10(8-11)4-5-13(19)15-7-6-12-16-9-17-18-12/h1-5,8-9H,6-7H2,(H,15,19)(H,16,17,18). The van der Waals surface area contributed by atoms with Gasteiger partial charge in [0.05, 0.1) is 0 Å². The minimum absolute atomic E-state index is 0.153. The van der Waals surface area contributed by atoms with Crippen LogP contribution in [0.4, 0.5) is 0 Å². The smallest absolute Gasteiger partial charge is 0.244 e. The van der Waals surface area contributed by atoms with Crippen LogP contribution >= 0.6 is 11.6 Å². The van der Waals surface area contributed by atoms with E-state index < -0.39 is 0 Å². The summed E-state index contributed by atoms with van der Waals surface area (Å²) in [7, 11) is 0. The summed E-state index contributed by atoms with van der Waals surface area (Å²) in [6.07, 6.45) is 5.26. The fourth-order valence-corrected chi connectivity index (χ4v) is 1.70. The Bertz CT molecular complexity index is 566. The third-order valence-electron chi connectivity index (χ3n) is 2.40. The lowest BCUT2D eigenvalue weighted by molar-refractivity contribution is -0.116. The lowest BCUT2D eigenvalue weighted by Gasteiger charge is -1.99. The van der Waals surface area contributed by atoms with Crippen LogP contribution in [0.1, 0.15) is 11.4 Å². The maximum Gasteiger partial charge on any atom is 0.244 e. The maximum atomic E-state index is 11.6. The number of halogens is 1. The van der Waals surface area contributed by atoms with Gasteiger partial charge in [-0.05, 0) is 23.8 Å². The van der Waals surface area contributed by atoms with Crippen LogP contribution in [0.25, 0.3) is 6.08 Å². The van der Waals surface area contributed by atoms with Gasteiger partial charge in [-0.15, -0.1) is 0 Å². The number of benzene rings is 1. The average Bonchev–Trinajstić information content (AvgIpc) is 2.90. The van der Waals surface area contributed by atoms with Gasteiger partial charge in [-0.25, -0.2) is 4.98 Å². The molecule has 98 valence electrons. The summed E-state index contributed by atoms with van der Waals surface area (Å²) < 4.78 is 0. The molecular weight excluding hydrogens is 264 g/mol. The molecule has 0 aliphatic heterocycles. The maximum absolute atomic E-state index is 11.6. The zero-order chi connectivity index (χ0) is 13.5. The highest BCUT2D eigenvalue weighted by atomic mass is 35.5. The molecule has 0 radical (unpaired) electrons. The summed E-state index contributed by atoms with van der Waals surface area (Å²) in [6.45, 7) is 0.508. The minimum Gasteiger partial charge on any atom is -0.352 e. The Kier molecular flexibility index (Phi) is 4.69. The zero-order valence-corrected chi connectivity index (χ0v) is 10.9. The summed E-state index contributed by atoms with van der Waals surface area (Å²) in [5.74, 6) is 0.596. The van der Waals surface area contributed by atoms with E-state index in [1.807, 2.05) is 12.1 Å². The highest BCUT2D eigenvalue weighted by Crippen LogP contribution is 2.11. The summed E-state index contributed by atoms with van der Waals surface area (Å²) in [5, 5.41) is 9.86. The van der Waals surface area contributed by atoms with Gasteiger partial charge in [-0.1, -0.05) is 23.7 Å². The third-order valence-corrected chi connectivity index (χ3v) is 2.64. The molecule has 0 atom stereocenters. The van der Waals surface area contributed by atoms with Gasteiger partial charge in [0.15, 0.2) is 0 Å². The van der Waals surface area contributed by atoms with Gasteiger partial charge in [0.1, 0.15) is 12.2 Å². The Morgan fingerprint density at radius 3 is 3.11 bits per heavy atom. The molecule has 5 nitrogen and oxygen atoms in total. The van der Waals surface area contributed by atoms with E-state index in [1.165, 1.54) is 12.4 Å². The van der Waals surface area contributed by atoms with Crippen molar-refractivity contribution in [2.45, 2.75) is 6.42 Å². The molecule has 0 saturated heterocycles. The number of carbonyl (C=O) groups is 1. The van der Waals surface area contributed by atoms with Crippen LogP contribution in [-0.4, -0.2) is 27.6 Å². The SMILES string of the molecule is O=C(C=Cc1cccc(Cl)c1)NCCc1ncn[nH]1. The second-order valence-corrected chi connectivity index (χ2v) is 4.30. The molecule has 0 unspecified atom stereocenters. The van der Waals surface area contributed by atoms with Gasteiger partial charge in [-0.3, -0.25) is 9.89 Å². The Morgan fingerprint density at radius 2 is 2.37 bits per heavy atom. The van der Waals surface area contributed by atoms with Crippen LogP contribution in [0.15, 0.2) is 36.7 Å². The molecule has 0 bridgehead atoms. The van der Waals surface area contributed by atoms with Crippen LogP contribution in [0, 0.1) is 0 Å². The average molecular weight is 277 g/mol.